The van der Waals surface area contributed by atoms with E-state index in [4.69, 9.17) is 13.8 Å². The predicted octanol–water partition coefficient (Wildman–Crippen LogP) is 23.2. The van der Waals surface area contributed by atoms with Crippen molar-refractivity contribution in [2.75, 3.05) is 40.9 Å². The minimum absolute atomic E-state index is 0.0293. The van der Waals surface area contributed by atoms with Crippen molar-refractivity contribution in [2.45, 2.75) is 328 Å². The SMILES string of the molecule is CC/C=C\C/C=C\C/C=C\C/C=C\C/C=C\C/C=C\CCCCC(=O)OC(/C=C\CCCCCCCCCCCCC)C(COP(=O)(O)OCC[N+](C)(C)C)NC(=O)CCCCCCCCCCCCCCCCCCC/C=C\C/C=C\CCCCC. The molecule has 502 valence electrons. The molecule has 0 bridgehead atoms. The lowest BCUT2D eigenvalue weighted by molar-refractivity contribution is -0.870. The van der Waals surface area contributed by atoms with E-state index in [1.807, 2.05) is 33.3 Å². The maximum Gasteiger partial charge on any atom is 0.472 e. The number of ether oxygens (including phenoxy) is 1. The van der Waals surface area contributed by atoms with Gasteiger partial charge in [-0.25, -0.2) is 4.57 Å². The third-order valence-electron chi connectivity index (χ3n) is 15.7. The number of unbranched alkanes of at least 4 members (excludes halogenated alkanes) is 33. The number of rotatable bonds is 65. The van der Waals surface area contributed by atoms with Crippen molar-refractivity contribution in [3.63, 3.8) is 0 Å². The molecule has 0 spiro atoms. The number of nitrogens with one attached hydrogen (secondary N) is 1. The standard InChI is InChI=1S/C77H137N2O7P/c1-7-10-13-16-19-22-25-28-30-32-34-36-37-38-39-40-41-43-44-46-48-51-54-57-60-63-66-69-76(80)78-74(73-85-87(82,83)84-72-71-79(4,5)6)75(68-65-62-59-56-53-50-27-24-21-18-15-12-9-3)86-77(81)70-67-64-61-58-55-52-49-47-45-42-35-33-31-29-26-23-20-17-14-11-8-2/h11,14,19-20,22-23,28-31,35,42,47,49,55,58,65,68,74-75H,7-10,12-13,15-18,21,24-27,32-34,36-41,43-46,48,50-54,56-57,59-64,66-67,69-73H2,1-6H3,(H-,78,80,82,83)/p+1/b14-11-,22-19-,23-20-,30-28-,31-29-,42-35-,49-47-,58-55-,68-65-. The fraction of sp³-hybridized carbons (Fsp3) is 0.740. The van der Waals surface area contributed by atoms with Crippen LogP contribution in [0.5, 0.6) is 0 Å². The van der Waals surface area contributed by atoms with Gasteiger partial charge in [0.25, 0.3) is 0 Å². The van der Waals surface area contributed by atoms with E-state index in [0.29, 0.717) is 23.9 Å². The summed E-state index contributed by atoms with van der Waals surface area (Å²) in [6.45, 7) is 6.87. The van der Waals surface area contributed by atoms with Gasteiger partial charge in [-0.3, -0.25) is 18.6 Å². The van der Waals surface area contributed by atoms with Gasteiger partial charge < -0.3 is 19.4 Å². The maximum atomic E-state index is 13.6. The van der Waals surface area contributed by atoms with Gasteiger partial charge in [0, 0.05) is 12.8 Å². The predicted molar refractivity (Wildman–Crippen MR) is 378 cm³/mol. The number of amides is 1. The Morgan fingerprint density at radius 1 is 0.414 bits per heavy atom. The minimum atomic E-state index is -4.47. The molecule has 0 saturated carbocycles. The lowest BCUT2D eigenvalue weighted by atomic mass is 10.0. The second-order valence-electron chi connectivity index (χ2n) is 25.4. The number of likely N-dealkylation sites (N-methyl/N-ethyl adjacent to an activating group) is 1. The number of nitrogens with zero attached hydrogens (tertiary/aromatic N) is 1. The Kier molecular flexibility index (Phi) is 63.1. The van der Waals surface area contributed by atoms with E-state index in [0.717, 1.165) is 96.3 Å². The average molecular weight is 1230 g/mol. The van der Waals surface area contributed by atoms with Gasteiger partial charge >= 0.3 is 13.8 Å². The number of phosphoric ester groups is 1. The molecule has 0 radical (unpaired) electrons. The zero-order chi connectivity index (χ0) is 63.5. The molecule has 3 unspecified atom stereocenters. The van der Waals surface area contributed by atoms with Gasteiger partial charge in [0.15, 0.2) is 0 Å². The molecule has 1 amide bonds. The van der Waals surface area contributed by atoms with E-state index in [1.54, 1.807) is 0 Å². The summed E-state index contributed by atoms with van der Waals surface area (Å²) in [7, 11) is 1.47. The highest BCUT2D eigenvalue weighted by Gasteiger charge is 2.30. The normalized spacial score (nSPS) is 14.1. The Hall–Kier alpha value is -3.33. The van der Waals surface area contributed by atoms with Crippen LogP contribution in [0.1, 0.15) is 316 Å². The second kappa shape index (κ2) is 65.6. The Labute approximate surface area is 538 Å². The molecule has 0 heterocycles. The van der Waals surface area contributed by atoms with Gasteiger partial charge in [-0.1, -0.05) is 297 Å². The molecule has 0 aromatic heterocycles. The Morgan fingerprint density at radius 3 is 1.14 bits per heavy atom. The van der Waals surface area contributed by atoms with Gasteiger partial charge in [-0.2, -0.15) is 0 Å². The lowest BCUT2D eigenvalue weighted by Gasteiger charge is -2.27. The molecule has 3 atom stereocenters. The molecular weight excluding hydrogens is 1100 g/mol. The van der Waals surface area contributed by atoms with Gasteiger partial charge in [0.2, 0.25) is 5.91 Å². The molecular formula is C77H138N2O7P+. The number of hydrogen-bond donors (Lipinski definition) is 2. The molecule has 10 heteroatoms. The Morgan fingerprint density at radius 2 is 0.736 bits per heavy atom. The van der Waals surface area contributed by atoms with Crippen LogP contribution in [0.4, 0.5) is 0 Å². The van der Waals surface area contributed by atoms with Crippen molar-refractivity contribution in [3.05, 3.63) is 109 Å². The molecule has 0 aliphatic rings. The topological polar surface area (TPSA) is 111 Å². The zero-order valence-electron chi connectivity index (χ0n) is 57.5. The van der Waals surface area contributed by atoms with Crippen molar-refractivity contribution < 1.29 is 37.3 Å². The molecule has 9 nitrogen and oxygen atoms in total. The van der Waals surface area contributed by atoms with Crippen molar-refractivity contribution in [2.24, 2.45) is 0 Å². The molecule has 2 N–H and O–H groups in total. The van der Waals surface area contributed by atoms with Crippen LogP contribution >= 0.6 is 7.82 Å². The number of carbonyl (C=O) groups is 2. The summed E-state index contributed by atoms with van der Waals surface area (Å²) in [5, 5.41) is 3.06. The van der Waals surface area contributed by atoms with Gasteiger partial charge in [0.05, 0.1) is 33.8 Å². The van der Waals surface area contributed by atoms with E-state index < -0.39 is 20.0 Å². The van der Waals surface area contributed by atoms with Crippen molar-refractivity contribution >= 4 is 19.7 Å². The van der Waals surface area contributed by atoms with E-state index in [2.05, 4.69) is 123 Å². The van der Waals surface area contributed by atoms with Crippen LogP contribution < -0.4 is 5.32 Å². The first kappa shape index (κ1) is 83.7. The second-order valence-corrected chi connectivity index (χ2v) is 26.8. The summed E-state index contributed by atoms with van der Waals surface area (Å²) in [4.78, 5) is 37.9. The summed E-state index contributed by atoms with van der Waals surface area (Å²) in [5.74, 6) is -0.551. The zero-order valence-corrected chi connectivity index (χ0v) is 58.4. The van der Waals surface area contributed by atoms with Crippen molar-refractivity contribution in [1.29, 1.82) is 0 Å². The Bertz CT molecular complexity index is 1860. The lowest BCUT2D eigenvalue weighted by Crippen LogP contribution is -2.47. The van der Waals surface area contributed by atoms with E-state index in [9.17, 15) is 19.0 Å². The fourth-order valence-electron chi connectivity index (χ4n) is 10.2. The highest BCUT2D eigenvalue weighted by atomic mass is 31.2. The van der Waals surface area contributed by atoms with Crippen LogP contribution in [0.2, 0.25) is 0 Å². The quantitative estimate of drug-likeness (QED) is 0.0205. The third kappa shape index (κ3) is 66.9. The van der Waals surface area contributed by atoms with Gasteiger partial charge in [-0.15, -0.1) is 0 Å². The highest BCUT2D eigenvalue weighted by molar-refractivity contribution is 7.47. The van der Waals surface area contributed by atoms with Crippen molar-refractivity contribution in [3.8, 4) is 0 Å². The number of carbonyl (C=O) groups excluding carboxylic acids is 2. The minimum Gasteiger partial charge on any atom is -0.456 e. The maximum absolute atomic E-state index is 13.6. The molecule has 0 fully saturated rings. The molecule has 0 rings (SSSR count). The first-order valence-electron chi connectivity index (χ1n) is 36.2. The molecule has 0 aromatic rings. The molecule has 87 heavy (non-hydrogen) atoms. The summed E-state index contributed by atoms with van der Waals surface area (Å²) in [5.41, 5.74) is 0. The van der Waals surface area contributed by atoms with E-state index in [-0.39, 0.29) is 31.5 Å². The Balaban J connectivity index is 5.12. The van der Waals surface area contributed by atoms with Crippen LogP contribution in [-0.4, -0.2) is 74.3 Å². The summed E-state index contributed by atoms with van der Waals surface area (Å²) < 4.78 is 30.8. The molecule has 0 aliphatic heterocycles. The first-order valence-corrected chi connectivity index (χ1v) is 37.7. The molecule has 0 aliphatic carbocycles. The number of quaternary nitrogens is 1. The van der Waals surface area contributed by atoms with Crippen LogP contribution in [0, 0.1) is 0 Å². The monoisotopic (exact) mass is 1230 g/mol. The summed E-state index contributed by atoms with van der Waals surface area (Å²) >= 11 is 0. The summed E-state index contributed by atoms with van der Waals surface area (Å²) in [6, 6.07) is -0.873. The third-order valence-corrected chi connectivity index (χ3v) is 16.7. The van der Waals surface area contributed by atoms with E-state index >= 15 is 0 Å². The van der Waals surface area contributed by atoms with Gasteiger partial charge in [0.1, 0.15) is 19.3 Å². The summed E-state index contributed by atoms with van der Waals surface area (Å²) in [6.07, 6.45) is 91.1. The molecule has 0 aromatic carbocycles. The number of phosphoric acid groups is 1. The van der Waals surface area contributed by atoms with Crippen LogP contribution in [0.25, 0.3) is 0 Å². The molecule has 0 saturated heterocycles. The smallest absolute Gasteiger partial charge is 0.456 e. The highest BCUT2D eigenvalue weighted by Crippen LogP contribution is 2.43. The number of hydrogen-bond acceptors (Lipinski definition) is 6. The first-order chi connectivity index (χ1) is 42.4. The van der Waals surface area contributed by atoms with Gasteiger partial charge in [-0.05, 0) is 115 Å². The van der Waals surface area contributed by atoms with Crippen LogP contribution in [0.3, 0.4) is 0 Å². The largest absolute Gasteiger partial charge is 0.472 e. The fourth-order valence-corrected chi connectivity index (χ4v) is 10.9. The van der Waals surface area contributed by atoms with Crippen molar-refractivity contribution in [1.82, 2.24) is 5.32 Å². The van der Waals surface area contributed by atoms with Crippen LogP contribution in [-0.2, 0) is 27.9 Å². The van der Waals surface area contributed by atoms with E-state index in [1.165, 1.54) is 180 Å². The average Bonchev–Trinajstić information content (AvgIpc) is 3.70. The van der Waals surface area contributed by atoms with Crippen LogP contribution in [0.15, 0.2) is 109 Å². The number of esters is 1. The number of allylic oxidation sites excluding steroid dienone is 17.